The van der Waals surface area contributed by atoms with Gasteiger partial charge in [-0.15, -0.1) is 0 Å². The monoisotopic (exact) mass is 335 g/mol. The summed E-state index contributed by atoms with van der Waals surface area (Å²) < 4.78 is 0. The van der Waals surface area contributed by atoms with Crippen molar-refractivity contribution in [2.45, 2.75) is 25.7 Å². The molecule has 0 saturated heterocycles. The van der Waals surface area contributed by atoms with Gasteiger partial charge in [-0.1, -0.05) is 66.8 Å². The van der Waals surface area contributed by atoms with Gasteiger partial charge < -0.3 is 0 Å². The van der Waals surface area contributed by atoms with Gasteiger partial charge in [-0.3, -0.25) is 4.98 Å². The molecular formula is C25H21N. The Balaban J connectivity index is 1.60. The number of pyridine rings is 1. The van der Waals surface area contributed by atoms with Gasteiger partial charge in [0, 0.05) is 11.6 Å². The van der Waals surface area contributed by atoms with Crippen LogP contribution in [0.3, 0.4) is 0 Å². The molecule has 2 aromatic carbocycles. The number of hydrogen-bond donors (Lipinski definition) is 0. The first-order chi connectivity index (χ1) is 12.9. The van der Waals surface area contributed by atoms with Gasteiger partial charge in [-0.2, -0.15) is 0 Å². The number of nitrogens with zero attached hydrogens (tertiary/aromatic N) is 1. The summed E-state index contributed by atoms with van der Waals surface area (Å²) in [6.45, 7) is 0. The highest BCUT2D eigenvalue weighted by molar-refractivity contribution is 6.10. The first-order valence-electron chi connectivity index (χ1n) is 9.43. The molecule has 126 valence electrons. The molecule has 1 heteroatoms. The minimum atomic E-state index is 1.06. The van der Waals surface area contributed by atoms with Crippen molar-refractivity contribution in [3.63, 3.8) is 0 Å². The third-order valence-corrected chi connectivity index (χ3v) is 5.55. The van der Waals surface area contributed by atoms with Gasteiger partial charge in [0.05, 0.1) is 5.69 Å². The summed E-state index contributed by atoms with van der Waals surface area (Å²) in [4.78, 5) is 4.75. The molecule has 0 aliphatic heterocycles. The first kappa shape index (κ1) is 15.3. The van der Waals surface area contributed by atoms with Gasteiger partial charge >= 0.3 is 0 Å². The molecule has 0 spiro atoms. The summed E-state index contributed by atoms with van der Waals surface area (Å²) in [5.41, 5.74) is 5.48. The third kappa shape index (κ3) is 2.61. The maximum atomic E-state index is 4.75. The predicted octanol–water partition coefficient (Wildman–Crippen LogP) is 6.77. The number of benzene rings is 2. The summed E-state index contributed by atoms with van der Waals surface area (Å²) in [6, 6.07) is 15.2. The van der Waals surface area contributed by atoms with Crippen molar-refractivity contribution in [3.05, 3.63) is 95.9 Å². The summed E-state index contributed by atoms with van der Waals surface area (Å²) >= 11 is 0. The number of fused-ring (bicyclic) bond motifs is 3. The zero-order valence-corrected chi connectivity index (χ0v) is 14.8. The fourth-order valence-corrected chi connectivity index (χ4v) is 4.17. The number of allylic oxidation sites excluding steroid dienone is 8. The van der Waals surface area contributed by atoms with E-state index in [1.54, 1.807) is 0 Å². The molecule has 26 heavy (non-hydrogen) atoms. The van der Waals surface area contributed by atoms with E-state index in [1.807, 2.05) is 6.20 Å². The second-order valence-corrected chi connectivity index (χ2v) is 7.08. The van der Waals surface area contributed by atoms with E-state index in [2.05, 4.69) is 72.8 Å². The lowest BCUT2D eigenvalue weighted by atomic mass is 9.87. The molecule has 0 atom stereocenters. The summed E-state index contributed by atoms with van der Waals surface area (Å²) in [7, 11) is 0. The van der Waals surface area contributed by atoms with E-state index in [0.29, 0.717) is 0 Å². The van der Waals surface area contributed by atoms with Crippen molar-refractivity contribution in [1.29, 1.82) is 0 Å². The van der Waals surface area contributed by atoms with Crippen molar-refractivity contribution >= 4 is 27.1 Å². The van der Waals surface area contributed by atoms with Crippen LogP contribution in [0, 0.1) is 0 Å². The fourth-order valence-electron chi connectivity index (χ4n) is 4.17. The van der Waals surface area contributed by atoms with Gasteiger partial charge in [-0.05, 0) is 64.6 Å². The third-order valence-electron chi connectivity index (χ3n) is 5.55. The normalized spacial score (nSPS) is 17.2. The Kier molecular flexibility index (Phi) is 3.79. The lowest BCUT2D eigenvalue weighted by Crippen LogP contribution is -2.00. The first-order valence-corrected chi connectivity index (χ1v) is 9.43. The average molecular weight is 335 g/mol. The maximum Gasteiger partial charge on any atom is 0.0740 e. The van der Waals surface area contributed by atoms with Crippen LogP contribution in [0.25, 0.3) is 27.1 Å². The second kappa shape index (κ2) is 6.42. The topological polar surface area (TPSA) is 12.9 Å². The minimum absolute atomic E-state index is 1.06. The average Bonchev–Trinajstić information content (AvgIpc) is 2.74. The van der Waals surface area contributed by atoms with E-state index in [-0.39, 0.29) is 0 Å². The van der Waals surface area contributed by atoms with Crippen LogP contribution in [0.5, 0.6) is 0 Å². The Morgan fingerprint density at radius 2 is 1.50 bits per heavy atom. The summed E-state index contributed by atoms with van der Waals surface area (Å²) in [5, 5.41) is 5.15. The zero-order chi connectivity index (χ0) is 17.3. The van der Waals surface area contributed by atoms with E-state index < -0.39 is 0 Å². The molecule has 0 N–H and O–H groups in total. The van der Waals surface area contributed by atoms with Crippen LogP contribution in [0.4, 0.5) is 0 Å². The molecular weight excluding hydrogens is 314 g/mol. The van der Waals surface area contributed by atoms with Crippen molar-refractivity contribution in [1.82, 2.24) is 4.98 Å². The number of rotatable bonds is 2. The second-order valence-electron chi connectivity index (χ2n) is 7.08. The van der Waals surface area contributed by atoms with E-state index in [9.17, 15) is 0 Å². The highest BCUT2D eigenvalue weighted by Gasteiger charge is 2.15. The Morgan fingerprint density at radius 3 is 2.35 bits per heavy atom. The molecule has 1 nitrogen and oxygen atoms in total. The molecule has 5 rings (SSSR count). The Labute approximate surface area is 154 Å². The van der Waals surface area contributed by atoms with Crippen LogP contribution in [0.1, 0.15) is 31.4 Å². The Morgan fingerprint density at radius 1 is 0.654 bits per heavy atom. The van der Waals surface area contributed by atoms with E-state index >= 15 is 0 Å². The van der Waals surface area contributed by atoms with Crippen molar-refractivity contribution in [2.75, 3.05) is 0 Å². The van der Waals surface area contributed by atoms with Crippen LogP contribution < -0.4 is 0 Å². The molecule has 0 fully saturated rings. The Bertz CT molecular complexity index is 1130. The standard InChI is InChI=1S/C25H21N/c1-2-6-18(7-3-1)19-10-12-21(13-11-19)25-24-15-14-20-8-4-5-9-22(20)23(24)16-17-26-25/h1-2,4-6,8-10,12,14-17H,3,7,11,13H2. The molecule has 0 amide bonds. The Hall–Kier alpha value is -2.93. The summed E-state index contributed by atoms with van der Waals surface area (Å²) in [5.74, 6) is 0. The van der Waals surface area contributed by atoms with Gasteiger partial charge in [0.15, 0.2) is 0 Å². The minimum Gasteiger partial charge on any atom is -0.256 e. The number of aromatic nitrogens is 1. The lowest BCUT2D eigenvalue weighted by molar-refractivity contribution is 0.903. The van der Waals surface area contributed by atoms with Gasteiger partial charge in [0.2, 0.25) is 0 Å². The zero-order valence-electron chi connectivity index (χ0n) is 14.8. The van der Waals surface area contributed by atoms with Crippen LogP contribution in [-0.2, 0) is 0 Å². The SMILES string of the molecule is C1=CCCC(C2=CC=C(c3nccc4c3ccc3ccccc34)CC2)=C1. The van der Waals surface area contributed by atoms with Crippen LogP contribution in [-0.4, -0.2) is 4.98 Å². The van der Waals surface area contributed by atoms with Crippen molar-refractivity contribution < 1.29 is 0 Å². The van der Waals surface area contributed by atoms with Crippen molar-refractivity contribution in [2.24, 2.45) is 0 Å². The van der Waals surface area contributed by atoms with Crippen LogP contribution in [0.2, 0.25) is 0 Å². The van der Waals surface area contributed by atoms with Gasteiger partial charge in [-0.25, -0.2) is 0 Å². The molecule has 0 bridgehead atoms. The smallest absolute Gasteiger partial charge is 0.0740 e. The molecule has 3 aromatic rings. The molecule has 2 aliphatic rings. The highest BCUT2D eigenvalue weighted by Crippen LogP contribution is 2.35. The molecule has 0 saturated carbocycles. The van der Waals surface area contributed by atoms with Crippen LogP contribution in [0.15, 0.2) is 90.2 Å². The molecule has 1 aromatic heterocycles. The quantitative estimate of drug-likeness (QED) is 0.471. The predicted molar refractivity (Wildman–Crippen MR) is 111 cm³/mol. The van der Waals surface area contributed by atoms with Gasteiger partial charge in [0.25, 0.3) is 0 Å². The fraction of sp³-hybridized carbons (Fsp3) is 0.160. The largest absolute Gasteiger partial charge is 0.256 e. The van der Waals surface area contributed by atoms with E-state index in [0.717, 1.165) is 25.0 Å². The molecule has 0 unspecified atom stereocenters. The van der Waals surface area contributed by atoms with Crippen molar-refractivity contribution in [3.8, 4) is 0 Å². The maximum absolute atomic E-state index is 4.75. The highest BCUT2D eigenvalue weighted by atomic mass is 14.7. The number of hydrogen-bond acceptors (Lipinski definition) is 1. The van der Waals surface area contributed by atoms with Gasteiger partial charge in [0.1, 0.15) is 0 Å². The molecule has 0 radical (unpaired) electrons. The molecule has 2 aliphatic carbocycles. The molecule has 1 heterocycles. The van der Waals surface area contributed by atoms with Crippen LogP contribution >= 0.6 is 0 Å². The lowest BCUT2D eigenvalue weighted by Gasteiger charge is -2.19. The van der Waals surface area contributed by atoms with E-state index in [1.165, 1.54) is 44.7 Å². The van der Waals surface area contributed by atoms with E-state index in [4.69, 9.17) is 4.98 Å². The summed E-state index contributed by atoms with van der Waals surface area (Å²) in [6.07, 6.45) is 17.8.